The van der Waals surface area contributed by atoms with Crippen LogP contribution >= 0.6 is 0 Å². The highest BCUT2D eigenvalue weighted by Gasteiger charge is 1.98. The van der Waals surface area contributed by atoms with Crippen LogP contribution < -0.4 is 10.1 Å². The number of aromatic nitrogens is 1. The molecule has 0 amide bonds. The third-order valence-corrected chi connectivity index (χ3v) is 2.09. The average molecular weight is 238 g/mol. The molecule has 0 aliphatic rings. The van der Waals surface area contributed by atoms with E-state index in [-0.39, 0.29) is 6.10 Å². The maximum atomic E-state index is 5.57. The molecule has 96 valence electrons. The Hall–Kier alpha value is -1.29. The number of hydrogen-bond donors (Lipinski definition) is 1. The molecule has 0 aliphatic heterocycles. The summed E-state index contributed by atoms with van der Waals surface area (Å²) in [6, 6.07) is 3.76. The maximum absolute atomic E-state index is 5.57. The highest BCUT2D eigenvalue weighted by Crippen LogP contribution is 2.14. The van der Waals surface area contributed by atoms with Crippen LogP contribution in [0.15, 0.2) is 18.3 Å². The Balaban J connectivity index is 2.32. The van der Waals surface area contributed by atoms with Crippen LogP contribution in [0.1, 0.15) is 27.2 Å². The minimum Gasteiger partial charge on any atom is -0.491 e. The Bertz CT molecular complexity index is 316. The first-order chi connectivity index (χ1) is 8.22. The molecule has 0 unspecified atom stereocenters. The molecule has 0 spiro atoms. The van der Waals surface area contributed by atoms with Crippen molar-refractivity contribution in [3.8, 4) is 5.75 Å². The van der Waals surface area contributed by atoms with E-state index in [0.717, 1.165) is 24.5 Å². The minimum atomic E-state index is 0.248. The number of pyridine rings is 1. The van der Waals surface area contributed by atoms with Gasteiger partial charge in [0.1, 0.15) is 18.2 Å². The number of nitrogens with one attached hydrogen (secondary N) is 1. The molecule has 1 N–H and O–H groups in total. The van der Waals surface area contributed by atoms with Crippen LogP contribution in [0.4, 0.5) is 5.82 Å². The summed E-state index contributed by atoms with van der Waals surface area (Å²) in [6.45, 7) is 8.25. The standard InChI is InChI=1S/C13H22N2O2/c1-4-6-14-13-10-12(5-7-15-13)17-9-8-16-11(2)3/h5,7,10-11H,4,6,8-9H2,1-3H3,(H,14,15). The molecule has 0 bridgehead atoms. The topological polar surface area (TPSA) is 43.4 Å². The van der Waals surface area contributed by atoms with Crippen molar-refractivity contribution in [3.63, 3.8) is 0 Å². The molecule has 1 rings (SSSR count). The van der Waals surface area contributed by atoms with E-state index in [9.17, 15) is 0 Å². The Morgan fingerprint density at radius 3 is 2.88 bits per heavy atom. The van der Waals surface area contributed by atoms with Crippen molar-refractivity contribution in [2.45, 2.75) is 33.3 Å². The SMILES string of the molecule is CCCNc1cc(OCCOC(C)C)ccn1. The maximum Gasteiger partial charge on any atom is 0.129 e. The number of hydrogen-bond acceptors (Lipinski definition) is 4. The van der Waals surface area contributed by atoms with Crippen molar-refractivity contribution >= 4 is 5.82 Å². The predicted octanol–water partition coefficient (Wildman–Crippen LogP) is 2.71. The van der Waals surface area contributed by atoms with Crippen LogP contribution in [0.2, 0.25) is 0 Å². The lowest BCUT2D eigenvalue weighted by molar-refractivity contribution is 0.0552. The zero-order chi connectivity index (χ0) is 12.5. The summed E-state index contributed by atoms with van der Waals surface area (Å²) in [6.07, 6.45) is 3.07. The fourth-order valence-corrected chi connectivity index (χ4v) is 1.29. The first-order valence-electron chi connectivity index (χ1n) is 6.16. The summed E-state index contributed by atoms with van der Waals surface area (Å²) in [4.78, 5) is 4.21. The molecule has 0 radical (unpaired) electrons. The second-order valence-corrected chi connectivity index (χ2v) is 4.07. The summed E-state index contributed by atoms with van der Waals surface area (Å²) in [7, 11) is 0. The smallest absolute Gasteiger partial charge is 0.129 e. The molecular formula is C13H22N2O2. The van der Waals surface area contributed by atoms with E-state index in [1.165, 1.54) is 0 Å². The molecule has 0 atom stereocenters. The molecule has 0 fully saturated rings. The molecule has 1 heterocycles. The summed E-state index contributed by atoms with van der Waals surface area (Å²) in [5.74, 6) is 1.68. The van der Waals surface area contributed by atoms with Gasteiger partial charge in [-0.15, -0.1) is 0 Å². The van der Waals surface area contributed by atoms with Gasteiger partial charge in [-0.2, -0.15) is 0 Å². The number of ether oxygens (including phenoxy) is 2. The molecule has 0 saturated carbocycles. The third kappa shape index (κ3) is 6.12. The summed E-state index contributed by atoms with van der Waals surface area (Å²) < 4.78 is 11.0. The molecule has 1 aromatic rings. The van der Waals surface area contributed by atoms with E-state index in [0.29, 0.717) is 13.2 Å². The van der Waals surface area contributed by atoms with Crippen LogP contribution in [0.25, 0.3) is 0 Å². The van der Waals surface area contributed by atoms with Crippen LogP contribution in [0.3, 0.4) is 0 Å². The van der Waals surface area contributed by atoms with E-state index < -0.39 is 0 Å². The Labute approximate surface area is 103 Å². The number of rotatable bonds is 8. The van der Waals surface area contributed by atoms with Crippen molar-refractivity contribution in [1.29, 1.82) is 0 Å². The van der Waals surface area contributed by atoms with Crippen LogP contribution in [0, 0.1) is 0 Å². The van der Waals surface area contributed by atoms with Crippen molar-refractivity contribution in [2.24, 2.45) is 0 Å². The predicted molar refractivity (Wildman–Crippen MR) is 69.6 cm³/mol. The van der Waals surface area contributed by atoms with Crippen LogP contribution in [-0.2, 0) is 4.74 Å². The van der Waals surface area contributed by atoms with E-state index in [4.69, 9.17) is 9.47 Å². The molecule has 1 aromatic heterocycles. The Morgan fingerprint density at radius 2 is 2.18 bits per heavy atom. The Morgan fingerprint density at radius 1 is 1.35 bits per heavy atom. The van der Waals surface area contributed by atoms with Crippen molar-refractivity contribution < 1.29 is 9.47 Å². The lowest BCUT2D eigenvalue weighted by atomic mass is 10.4. The lowest BCUT2D eigenvalue weighted by Crippen LogP contribution is -2.11. The molecule has 0 aliphatic carbocycles. The van der Waals surface area contributed by atoms with Crippen LogP contribution in [-0.4, -0.2) is 30.8 Å². The van der Waals surface area contributed by atoms with E-state index in [1.807, 2.05) is 26.0 Å². The monoisotopic (exact) mass is 238 g/mol. The van der Waals surface area contributed by atoms with Gasteiger partial charge in [0.2, 0.25) is 0 Å². The highest BCUT2D eigenvalue weighted by atomic mass is 16.5. The quantitative estimate of drug-likeness (QED) is 0.707. The summed E-state index contributed by atoms with van der Waals surface area (Å²) >= 11 is 0. The molecule has 4 nitrogen and oxygen atoms in total. The zero-order valence-electron chi connectivity index (χ0n) is 10.9. The minimum absolute atomic E-state index is 0.248. The van der Waals surface area contributed by atoms with Gasteiger partial charge in [-0.05, 0) is 26.3 Å². The van der Waals surface area contributed by atoms with E-state index >= 15 is 0 Å². The largest absolute Gasteiger partial charge is 0.491 e. The number of anilines is 1. The van der Waals surface area contributed by atoms with E-state index in [2.05, 4.69) is 17.2 Å². The molecule has 0 aromatic carbocycles. The summed E-state index contributed by atoms with van der Waals surface area (Å²) in [5.41, 5.74) is 0. The van der Waals surface area contributed by atoms with Gasteiger partial charge in [-0.1, -0.05) is 6.92 Å². The average Bonchev–Trinajstić information content (AvgIpc) is 2.32. The van der Waals surface area contributed by atoms with Gasteiger partial charge in [0.15, 0.2) is 0 Å². The third-order valence-electron chi connectivity index (χ3n) is 2.09. The van der Waals surface area contributed by atoms with Crippen molar-refractivity contribution in [3.05, 3.63) is 18.3 Å². The van der Waals surface area contributed by atoms with Gasteiger partial charge in [0.05, 0.1) is 12.7 Å². The van der Waals surface area contributed by atoms with Gasteiger partial charge >= 0.3 is 0 Å². The number of nitrogens with zero attached hydrogens (tertiary/aromatic N) is 1. The molecule has 0 saturated heterocycles. The van der Waals surface area contributed by atoms with Gasteiger partial charge in [-0.25, -0.2) is 4.98 Å². The van der Waals surface area contributed by atoms with Gasteiger partial charge in [-0.3, -0.25) is 0 Å². The van der Waals surface area contributed by atoms with Crippen molar-refractivity contribution in [2.75, 3.05) is 25.1 Å². The second kappa shape index (κ2) is 7.90. The van der Waals surface area contributed by atoms with Gasteiger partial charge in [0.25, 0.3) is 0 Å². The van der Waals surface area contributed by atoms with E-state index in [1.54, 1.807) is 6.20 Å². The van der Waals surface area contributed by atoms with Gasteiger partial charge in [0, 0.05) is 18.8 Å². The first kappa shape index (κ1) is 13.8. The van der Waals surface area contributed by atoms with Gasteiger partial charge < -0.3 is 14.8 Å². The lowest BCUT2D eigenvalue weighted by Gasteiger charge is -2.10. The normalized spacial score (nSPS) is 10.6. The fourth-order valence-electron chi connectivity index (χ4n) is 1.29. The summed E-state index contributed by atoms with van der Waals surface area (Å²) in [5, 5.41) is 3.22. The van der Waals surface area contributed by atoms with Crippen LogP contribution in [0.5, 0.6) is 5.75 Å². The Kier molecular flexibility index (Phi) is 6.40. The van der Waals surface area contributed by atoms with Crippen molar-refractivity contribution in [1.82, 2.24) is 4.98 Å². The molecular weight excluding hydrogens is 216 g/mol. The molecule has 17 heavy (non-hydrogen) atoms. The highest BCUT2D eigenvalue weighted by molar-refractivity contribution is 5.40. The fraction of sp³-hybridized carbons (Fsp3) is 0.615. The zero-order valence-corrected chi connectivity index (χ0v) is 10.9. The first-order valence-corrected chi connectivity index (χ1v) is 6.16. The molecule has 4 heteroatoms. The second-order valence-electron chi connectivity index (χ2n) is 4.07.